The Morgan fingerprint density at radius 3 is 2.64 bits per heavy atom. The van der Waals surface area contributed by atoms with E-state index in [4.69, 9.17) is 9.84 Å². The molecule has 3 nitrogen and oxygen atoms in total. The SMILES string of the molecule is COc1cnc(C(F)F)c(C)c1CO. The zero-order valence-corrected chi connectivity index (χ0v) is 7.92. The number of alkyl halides is 2. The summed E-state index contributed by atoms with van der Waals surface area (Å²) >= 11 is 0. The van der Waals surface area contributed by atoms with E-state index in [0.717, 1.165) is 0 Å². The molecule has 0 unspecified atom stereocenters. The van der Waals surface area contributed by atoms with Crippen LogP contribution < -0.4 is 4.74 Å². The van der Waals surface area contributed by atoms with Crippen molar-refractivity contribution in [3.8, 4) is 5.75 Å². The molecule has 1 rings (SSSR count). The molecule has 0 bridgehead atoms. The minimum absolute atomic E-state index is 0.279. The van der Waals surface area contributed by atoms with Gasteiger partial charge in [-0.2, -0.15) is 0 Å². The Kier molecular flexibility index (Phi) is 3.35. The number of methoxy groups -OCH3 is 1. The Labute approximate surface area is 80.3 Å². The maximum atomic E-state index is 12.4. The topological polar surface area (TPSA) is 42.4 Å². The first-order valence-electron chi connectivity index (χ1n) is 4.03. The van der Waals surface area contributed by atoms with Crippen LogP contribution in [0.25, 0.3) is 0 Å². The molecule has 0 aromatic carbocycles. The van der Waals surface area contributed by atoms with E-state index in [1.54, 1.807) is 0 Å². The summed E-state index contributed by atoms with van der Waals surface area (Å²) in [7, 11) is 1.40. The van der Waals surface area contributed by atoms with Crippen LogP contribution >= 0.6 is 0 Å². The summed E-state index contributed by atoms with van der Waals surface area (Å²) in [5.74, 6) is 0.328. The first-order chi connectivity index (χ1) is 6.61. The molecule has 14 heavy (non-hydrogen) atoms. The average molecular weight is 203 g/mol. The molecule has 0 saturated heterocycles. The highest BCUT2D eigenvalue weighted by molar-refractivity contribution is 5.40. The van der Waals surface area contributed by atoms with Gasteiger partial charge in [-0.15, -0.1) is 0 Å². The van der Waals surface area contributed by atoms with E-state index in [9.17, 15) is 8.78 Å². The van der Waals surface area contributed by atoms with Crippen LogP contribution in [0.4, 0.5) is 8.78 Å². The standard InChI is InChI=1S/C9H11F2NO2/c1-5-6(4-13)7(14-2)3-12-8(5)9(10)11/h3,9,13H,4H2,1-2H3. The first-order valence-corrected chi connectivity index (χ1v) is 4.03. The van der Waals surface area contributed by atoms with E-state index in [0.29, 0.717) is 11.3 Å². The van der Waals surface area contributed by atoms with Crippen molar-refractivity contribution in [2.75, 3.05) is 7.11 Å². The normalized spacial score (nSPS) is 10.7. The molecule has 0 radical (unpaired) electrons. The van der Waals surface area contributed by atoms with Crippen molar-refractivity contribution in [3.63, 3.8) is 0 Å². The highest BCUT2D eigenvalue weighted by Crippen LogP contribution is 2.28. The van der Waals surface area contributed by atoms with Crippen molar-refractivity contribution in [1.29, 1.82) is 0 Å². The lowest BCUT2D eigenvalue weighted by Crippen LogP contribution is -2.02. The Morgan fingerprint density at radius 1 is 1.57 bits per heavy atom. The number of aromatic nitrogens is 1. The molecular formula is C9H11F2NO2. The molecule has 0 amide bonds. The van der Waals surface area contributed by atoms with Crippen LogP contribution in [0.3, 0.4) is 0 Å². The Hall–Kier alpha value is -1.23. The Morgan fingerprint density at radius 2 is 2.21 bits per heavy atom. The monoisotopic (exact) mass is 203 g/mol. The van der Waals surface area contributed by atoms with Crippen molar-refractivity contribution in [1.82, 2.24) is 4.98 Å². The largest absolute Gasteiger partial charge is 0.495 e. The third-order valence-electron chi connectivity index (χ3n) is 2.04. The van der Waals surface area contributed by atoms with E-state index in [1.165, 1.54) is 20.2 Å². The van der Waals surface area contributed by atoms with Crippen molar-refractivity contribution >= 4 is 0 Å². The van der Waals surface area contributed by atoms with Gasteiger partial charge in [-0.3, -0.25) is 4.98 Å². The highest BCUT2D eigenvalue weighted by atomic mass is 19.3. The number of nitrogens with zero attached hydrogens (tertiary/aromatic N) is 1. The van der Waals surface area contributed by atoms with Crippen LogP contribution in [0.15, 0.2) is 6.20 Å². The minimum atomic E-state index is -2.63. The fourth-order valence-corrected chi connectivity index (χ4v) is 1.23. The van der Waals surface area contributed by atoms with Crippen molar-refractivity contribution in [2.45, 2.75) is 20.0 Å². The van der Waals surface area contributed by atoms with Crippen molar-refractivity contribution < 1.29 is 18.6 Å². The van der Waals surface area contributed by atoms with Crippen LogP contribution in [0, 0.1) is 6.92 Å². The molecule has 0 saturated carbocycles. The van der Waals surface area contributed by atoms with Crippen LogP contribution in [0.1, 0.15) is 23.2 Å². The van der Waals surface area contributed by atoms with Gasteiger partial charge in [0.15, 0.2) is 0 Å². The number of ether oxygens (including phenoxy) is 1. The lowest BCUT2D eigenvalue weighted by atomic mass is 10.1. The number of hydrogen-bond donors (Lipinski definition) is 1. The third-order valence-corrected chi connectivity index (χ3v) is 2.04. The van der Waals surface area contributed by atoms with Crippen LogP contribution in [-0.4, -0.2) is 17.2 Å². The number of rotatable bonds is 3. The second-order valence-electron chi connectivity index (χ2n) is 2.77. The molecule has 0 aliphatic rings. The second-order valence-corrected chi connectivity index (χ2v) is 2.77. The number of halogens is 2. The van der Waals surface area contributed by atoms with Crippen LogP contribution in [0.5, 0.6) is 5.75 Å². The minimum Gasteiger partial charge on any atom is -0.495 e. The summed E-state index contributed by atoms with van der Waals surface area (Å²) in [6, 6.07) is 0. The number of hydrogen-bond acceptors (Lipinski definition) is 3. The van der Waals surface area contributed by atoms with Gasteiger partial charge in [0, 0.05) is 5.56 Å². The fourth-order valence-electron chi connectivity index (χ4n) is 1.23. The fraction of sp³-hybridized carbons (Fsp3) is 0.444. The van der Waals surface area contributed by atoms with Gasteiger partial charge in [0.1, 0.15) is 11.4 Å². The van der Waals surface area contributed by atoms with Gasteiger partial charge < -0.3 is 9.84 Å². The molecule has 0 atom stereocenters. The molecule has 0 fully saturated rings. The van der Waals surface area contributed by atoms with Gasteiger partial charge >= 0.3 is 0 Å². The molecule has 5 heteroatoms. The first kappa shape index (κ1) is 10.8. The molecule has 0 aliphatic carbocycles. The van der Waals surface area contributed by atoms with E-state index >= 15 is 0 Å². The zero-order chi connectivity index (χ0) is 10.7. The summed E-state index contributed by atoms with van der Waals surface area (Å²) in [6.07, 6.45) is -1.44. The van der Waals surface area contributed by atoms with E-state index in [1.807, 2.05) is 0 Å². The summed E-state index contributed by atoms with van der Waals surface area (Å²) < 4.78 is 29.7. The third kappa shape index (κ3) is 1.82. The number of pyridine rings is 1. The molecule has 78 valence electrons. The predicted octanol–water partition coefficient (Wildman–Crippen LogP) is 1.83. The summed E-state index contributed by atoms with van der Waals surface area (Å²) in [4.78, 5) is 3.57. The van der Waals surface area contributed by atoms with Crippen LogP contribution in [0.2, 0.25) is 0 Å². The van der Waals surface area contributed by atoms with Gasteiger partial charge in [0.05, 0.1) is 19.9 Å². The van der Waals surface area contributed by atoms with Gasteiger partial charge in [-0.25, -0.2) is 8.78 Å². The van der Waals surface area contributed by atoms with Crippen LogP contribution in [-0.2, 0) is 6.61 Å². The van der Waals surface area contributed by atoms with Crippen molar-refractivity contribution in [2.24, 2.45) is 0 Å². The summed E-state index contributed by atoms with van der Waals surface area (Å²) in [5.41, 5.74) is 0.328. The molecule has 0 aliphatic heterocycles. The number of aliphatic hydroxyl groups is 1. The Bertz CT molecular complexity index is 329. The second kappa shape index (κ2) is 4.32. The van der Waals surface area contributed by atoms with Gasteiger partial charge in [0.2, 0.25) is 0 Å². The highest BCUT2D eigenvalue weighted by Gasteiger charge is 2.17. The maximum Gasteiger partial charge on any atom is 0.280 e. The van der Waals surface area contributed by atoms with Gasteiger partial charge in [-0.05, 0) is 12.5 Å². The summed E-state index contributed by atoms with van der Waals surface area (Å²) in [5, 5.41) is 8.98. The quantitative estimate of drug-likeness (QED) is 0.814. The smallest absolute Gasteiger partial charge is 0.280 e. The average Bonchev–Trinajstić information content (AvgIpc) is 2.16. The summed E-state index contributed by atoms with van der Waals surface area (Å²) in [6.45, 7) is 1.15. The lowest BCUT2D eigenvalue weighted by molar-refractivity contribution is 0.144. The number of aliphatic hydroxyl groups excluding tert-OH is 1. The molecule has 0 spiro atoms. The molecule has 1 N–H and O–H groups in total. The predicted molar refractivity (Wildman–Crippen MR) is 46.4 cm³/mol. The molecule has 1 aromatic rings. The van der Waals surface area contributed by atoms with E-state index in [-0.39, 0.29) is 17.9 Å². The zero-order valence-electron chi connectivity index (χ0n) is 7.92. The van der Waals surface area contributed by atoms with Crippen molar-refractivity contribution in [3.05, 3.63) is 23.0 Å². The maximum absolute atomic E-state index is 12.4. The Balaban J connectivity index is 3.27. The molecule has 1 aromatic heterocycles. The lowest BCUT2D eigenvalue weighted by Gasteiger charge is -2.11. The van der Waals surface area contributed by atoms with E-state index in [2.05, 4.69) is 4.98 Å². The van der Waals surface area contributed by atoms with E-state index < -0.39 is 6.43 Å². The van der Waals surface area contributed by atoms with Gasteiger partial charge in [-0.1, -0.05) is 0 Å². The molecular weight excluding hydrogens is 192 g/mol. The van der Waals surface area contributed by atoms with Gasteiger partial charge in [0.25, 0.3) is 6.43 Å². The molecule has 1 heterocycles.